The van der Waals surface area contributed by atoms with E-state index in [1.165, 1.54) is 12.1 Å². The second-order valence-electron chi connectivity index (χ2n) is 4.88. The summed E-state index contributed by atoms with van der Waals surface area (Å²) in [4.78, 5) is 13.6. The van der Waals surface area contributed by atoms with Crippen molar-refractivity contribution in [2.45, 2.75) is 19.0 Å². The molecule has 0 heterocycles. The van der Waals surface area contributed by atoms with E-state index in [4.69, 9.17) is 0 Å². The lowest BCUT2D eigenvalue weighted by atomic mass is 10.1. The van der Waals surface area contributed by atoms with E-state index in [9.17, 15) is 18.0 Å². The molecule has 0 atom stereocenters. The van der Waals surface area contributed by atoms with Gasteiger partial charge in [0, 0.05) is 6.54 Å². The van der Waals surface area contributed by atoms with Crippen molar-refractivity contribution in [1.29, 1.82) is 0 Å². The fourth-order valence-corrected chi connectivity index (χ4v) is 1.73. The molecule has 0 radical (unpaired) electrons. The van der Waals surface area contributed by atoms with E-state index >= 15 is 0 Å². The zero-order valence-electron chi connectivity index (χ0n) is 11.6. The van der Waals surface area contributed by atoms with Gasteiger partial charge in [-0.05, 0) is 38.7 Å². The molecule has 1 amide bonds. The van der Waals surface area contributed by atoms with Crippen LogP contribution in [0.15, 0.2) is 24.3 Å². The average molecular weight is 288 g/mol. The number of carbonyl (C=O) groups is 1. The van der Waals surface area contributed by atoms with Crippen LogP contribution in [0.3, 0.4) is 0 Å². The van der Waals surface area contributed by atoms with Crippen LogP contribution in [0.5, 0.6) is 0 Å². The largest absolute Gasteiger partial charge is 0.416 e. The van der Waals surface area contributed by atoms with Crippen LogP contribution in [0.4, 0.5) is 13.2 Å². The summed E-state index contributed by atoms with van der Waals surface area (Å²) in [6, 6.07) is 4.85. The van der Waals surface area contributed by atoms with Gasteiger partial charge in [0.2, 0.25) is 5.91 Å². The molecular formula is C14H19F3N2O. The first-order valence-electron chi connectivity index (χ1n) is 6.36. The summed E-state index contributed by atoms with van der Waals surface area (Å²) in [6.45, 7) is 1.37. The molecule has 0 aliphatic carbocycles. The van der Waals surface area contributed by atoms with Crippen molar-refractivity contribution in [3.63, 3.8) is 0 Å². The number of rotatable bonds is 6. The number of hydrogen-bond acceptors (Lipinski definition) is 2. The zero-order chi connectivity index (χ0) is 15.2. The minimum atomic E-state index is -4.38. The first kappa shape index (κ1) is 16.5. The molecule has 1 N–H and O–H groups in total. The zero-order valence-corrected chi connectivity index (χ0v) is 11.6. The van der Waals surface area contributed by atoms with Crippen LogP contribution in [-0.4, -0.2) is 38.0 Å². The fourth-order valence-electron chi connectivity index (χ4n) is 1.73. The number of halogens is 3. The quantitative estimate of drug-likeness (QED) is 0.815. The van der Waals surface area contributed by atoms with Crippen molar-refractivity contribution in [1.82, 2.24) is 10.2 Å². The Morgan fingerprint density at radius 1 is 1.30 bits per heavy atom. The maximum absolute atomic E-state index is 12.5. The van der Waals surface area contributed by atoms with Crippen molar-refractivity contribution in [2.75, 3.05) is 27.2 Å². The lowest BCUT2D eigenvalue weighted by Gasteiger charge is -2.11. The topological polar surface area (TPSA) is 32.3 Å². The van der Waals surface area contributed by atoms with E-state index in [-0.39, 0.29) is 12.3 Å². The Labute approximate surface area is 116 Å². The molecule has 0 aliphatic rings. The molecule has 6 heteroatoms. The number of carbonyl (C=O) groups excluding carboxylic acids is 1. The first-order chi connectivity index (χ1) is 9.29. The van der Waals surface area contributed by atoms with Crippen molar-refractivity contribution in [3.8, 4) is 0 Å². The third-order valence-corrected chi connectivity index (χ3v) is 2.72. The lowest BCUT2D eigenvalue weighted by molar-refractivity contribution is -0.137. The van der Waals surface area contributed by atoms with Gasteiger partial charge in [-0.1, -0.05) is 18.2 Å². The smallest absolute Gasteiger partial charge is 0.356 e. The number of amides is 1. The Bertz CT molecular complexity index is 444. The van der Waals surface area contributed by atoms with Gasteiger partial charge in [0.15, 0.2) is 0 Å². The predicted molar refractivity (Wildman–Crippen MR) is 71.3 cm³/mol. The highest BCUT2D eigenvalue weighted by Gasteiger charge is 2.30. The molecule has 3 nitrogen and oxygen atoms in total. The average Bonchev–Trinajstić information content (AvgIpc) is 2.34. The first-order valence-corrected chi connectivity index (χ1v) is 6.36. The normalized spacial score (nSPS) is 11.7. The van der Waals surface area contributed by atoms with Gasteiger partial charge >= 0.3 is 6.18 Å². The van der Waals surface area contributed by atoms with E-state index in [1.807, 2.05) is 19.0 Å². The molecule has 1 rings (SSSR count). The third-order valence-electron chi connectivity index (χ3n) is 2.72. The molecule has 0 unspecified atom stereocenters. The molecule has 0 saturated carbocycles. The van der Waals surface area contributed by atoms with Gasteiger partial charge in [-0.2, -0.15) is 13.2 Å². The summed E-state index contributed by atoms with van der Waals surface area (Å²) in [7, 11) is 3.87. The number of nitrogens with zero attached hydrogens (tertiary/aromatic N) is 1. The van der Waals surface area contributed by atoms with Gasteiger partial charge in [0.05, 0.1) is 12.0 Å². The molecule has 112 valence electrons. The van der Waals surface area contributed by atoms with Crippen molar-refractivity contribution >= 4 is 5.91 Å². The predicted octanol–water partition coefficient (Wildman–Crippen LogP) is 2.32. The van der Waals surface area contributed by atoms with E-state index in [0.29, 0.717) is 12.1 Å². The molecule has 0 bridgehead atoms. The highest BCUT2D eigenvalue weighted by atomic mass is 19.4. The Morgan fingerprint density at radius 2 is 2.00 bits per heavy atom. The fraction of sp³-hybridized carbons (Fsp3) is 0.500. The van der Waals surface area contributed by atoms with Crippen molar-refractivity contribution < 1.29 is 18.0 Å². The van der Waals surface area contributed by atoms with Gasteiger partial charge in [-0.3, -0.25) is 4.79 Å². The summed E-state index contributed by atoms with van der Waals surface area (Å²) >= 11 is 0. The molecule has 0 saturated heterocycles. The van der Waals surface area contributed by atoms with E-state index in [2.05, 4.69) is 5.32 Å². The molecule has 0 fully saturated rings. The minimum absolute atomic E-state index is 0.0358. The van der Waals surface area contributed by atoms with Crippen LogP contribution in [-0.2, 0) is 17.4 Å². The van der Waals surface area contributed by atoms with Crippen LogP contribution < -0.4 is 5.32 Å². The Hall–Kier alpha value is -1.56. The summed E-state index contributed by atoms with van der Waals surface area (Å²) in [6.07, 6.45) is -3.61. The van der Waals surface area contributed by atoms with Crippen LogP contribution in [0.25, 0.3) is 0 Å². The van der Waals surface area contributed by atoms with Crippen LogP contribution in [0.1, 0.15) is 17.5 Å². The number of hydrogen-bond donors (Lipinski definition) is 1. The second kappa shape index (κ2) is 7.28. The SMILES string of the molecule is CN(C)CCCNC(=O)Cc1cccc(C(F)(F)F)c1. The molecular weight excluding hydrogens is 269 g/mol. The van der Waals surface area contributed by atoms with Gasteiger partial charge in [-0.25, -0.2) is 0 Å². The van der Waals surface area contributed by atoms with E-state index in [0.717, 1.165) is 25.1 Å². The monoisotopic (exact) mass is 288 g/mol. The summed E-state index contributed by atoms with van der Waals surface area (Å²) in [5.41, 5.74) is -0.361. The van der Waals surface area contributed by atoms with Crippen LogP contribution in [0.2, 0.25) is 0 Å². The van der Waals surface area contributed by atoms with E-state index in [1.54, 1.807) is 0 Å². The van der Waals surface area contributed by atoms with Gasteiger partial charge in [0.25, 0.3) is 0 Å². The maximum Gasteiger partial charge on any atom is 0.416 e. The Kier molecular flexibility index (Phi) is 6.01. The Morgan fingerprint density at radius 3 is 2.60 bits per heavy atom. The summed E-state index contributed by atoms with van der Waals surface area (Å²) in [5.74, 6) is -0.261. The molecule has 1 aromatic carbocycles. The highest BCUT2D eigenvalue weighted by Crippen LogP contribution is 2.29. The van der Waals surface area contributed by atoms with Crippen LogP contribution >= 0.6 is 0 Å². The lowest BCUT2D eigenvalue weighted by Crippen LogP contribution is -2.28. The van der Waals surface area contributed by atoms with Gasteiger partial charge < -0.3 is 10.2 Å². The highest BCUT2D eigenvalue weighted by molar-refractivity contribution is 5.78. The number of nitrogens with one attached hydrogen (secondary N) is 1. The van der Waals surface area contributed by atoms with Gasteiger partial charge in [-0.15, -0.1) is 0 Å². The third kappa shape index (κ3) is 6.06. The summed E-state index contributed by atoms with van der Waals surface area (Å²) < 4.78 is 37.6. The molecule has 1 aromatic rings. The minimum Gasteiger partial charge on any atom is -0.356 e. The van der Waals surface area contributed by atoms with E-state index < -0.39 is 11.7 Å². The standard InChI is InChI=1S/C14H19F3N2O/c1-19(2)8-4-7-18-13(20)10-11-5-3-6-12(9-11)14(15,16)17/h3,5-6,9H,4,7-8,10H2,1-2H3,(H,18,20). The van der Waals surface area contributed by atoms with Crippen molar-refractivity contribution in [3.05, 3.63) is 35.4 Å². The van der Waals surface area contributed by atoms with Crippen LogP contribution in [0, 0.1) is 0 Å². The molecule has 0 aliphatic heterocycles. The van der Waals surface area contributed by atoms with Gasteiger partial charge in [0.1, 0.15) is 0 Å². The Balaban J connectivity index is 2.46. The van der Waals surface area contributed by atoms with Crippen molar-refractivity contribution in [2.24, 2.45) is 0 Å². The maximum atomic E-state index is 12.5. The second-order valence-corrected chi connectivity index (χ2v) is 4.88. The molecule has 20 heavy (non-hydrogen) atoms. The molecule has 0 aromatic heterocycles. The summed E-state index contributed by atoms with van der Waals surface area (Å²) in [5, 5.41) is 2.70. The number of benzene rings is 1. The molecule has 0 spiro atoms. The number of alkyl halides is 3.